The minimum absolute atomic E-state index is 0.0999. The van der Waals surface area contributed by atoms with Gasteiger partial charge in [0, 0.05) is 9.13 Å². The predicted molar refractivity (Wildman–Crippen MR) is 48.9 cm³/mol. The van der Waals surface area contributed by atoms with Gasteiger partial charge in [-0.1, -0.05) is 6.07 Å². The lowest BCUT2D eigenvalue weighted by atomic mass is 10.1. The first-order chi connectivity index (χ1) is 5.11. The fourth-order valence-corrected chi connectivity index (χ4v) is 1.14. The van der Waals surface area contributed by atoms with Gasteiger partial charge in [-0.3, -0.25) is 0 Å². The Kier molecular flexibility index (Phi) is 2.81. The summed E-state index contributed by atoms with van der Waals surface area (Å²) in [5, 5.41) is 0. The van der Waals surface area contributed by atoms with Gasteiger partial charge in [0.05, 0.1) is 0 Å². The van der Waals surface area contributed by atoms with Crippen molar-refractivity contribution >= 4 is 22.6 Å². The van der Waals surface area contributed by atoms with Gasteiger partial charge in [-0.2, -0.15) is 0 Å². The van der Waals surface area contributed by atoms with Crippen molar-refractivity contribution in [3.05, 3.63) is 32.9 Å². The van der Waals surface area contributed by atoms with Crippen molar-refractivity contribution in [3.63, 3.8) is 0 Å². The highest BCUT2D eigenvalue weighted by atomic mass is 127. The van der Waals surface area contributed by atoms with Crippen LogP contribution in [0.25, 0.3) is 0 Å². The van der Waals surface area contributed by atoms with Crippen LogP contribution < -0.4 is 0 Å². The molecular weight excluding hydrogens is 261 g/mol. The Labute approximate surface area is 77.8 Å². The number of aryl methyl sites for hydroxylation is 1. The minimum Gasteiger partial charge on any atom is -0.205 e. The maximum absolute atomic E-state index is 12.1. The Morgan fingerprint density at radius 3 is 2.45 bits per heavy atom. The van der Waals surface area contributed by atoms with E-state index in [1.807, 2.05) is 6.92 Å². The highest BCUT2D eigenvalue weighted by Gasteiger charge is 2.06. The van der Waals surface area contributed by atoms with Crippen LogP contribution in [-0.4, -0.2) is 0 Å². The highest BCUT2D eigenvalue weighted by Crippen LogP contribution is 2.21. The average Bonchev–Trinajstić information content (AvgIpc) is 1.94. The Morgan fingerprint density at radius 2 is 2.00 bits per heavy atom. The molecule has 0 aliphatic rings. The first-order valence-corrected chi connectivity index (χ1v) is 4.23. The summed E-state index contributed by atoms with van der Waals surface area (Å²) in [6.07, 6.45) is -2.36. The van der Waals surface area contributed by atoms with Crippen LogP contribution in [0.15, 0.2) is 18.2 Å². The van der Waals surface area contributed by atoms with Crippen LogP contribution in [0, 0.1) is 10.5 Å². The molecule has 0 nitrogen and oxygen atoms in total. The molecule has 0 amide bonds. The van der Waals surface area contributed by atoms with Crippen LogP contribution in [-0.2, 0) is 0 Å². The molecular formula is C8H7F2I. The van der Waals surface area contributed by atoms with Crippen LogP contribution in [0.1, 0.15) is 17.6 Å². The molecule has 0 N–H and O–H groups in total. The summed E-state index contributed by atoms with van der Waals surface area (Å²) in [6, 6.07) is 4.68. The number of rotatable bonds is 1. The maximum atomic E-state index is 12.1. The Bertz CT molecular complexity index is 258. The van der Waals surface area contributed by atoms with E-state index in [4.69, 9.17) is 0 Å². The van der Waals surface area contributed by atoms with Gasteiger partial charge < -0.3 is 0 Å². The van der Waals surface area contributed by atoms with Crippen LogP contribution >= 0.6 is 22.6 Å². The van der Waals surface area contributed by atoms with E-state index in [0.29, 0.717) is 0 Å². The molecule has 0 bridgehead atoms. The zero-order valence-corrected chi connectivity index (χ0v) is 8.10. The first kappa shape index (κ1) is 8.90. The second kappa shape index (κ2) is 3.47. The fraction of sp³-hybridized carbons (Fsp3) is 0.250. The van der Waals surface area contributed by atoms with E-state index in [1.54, 1.807) is 6.07 Å². The van der Waals surface area contributed by atoms with E-state index >= 15 is 0 Å². The van der Waals surface area contributed by atoms with E-state index in [9.17, 15) is 8.78 Å². The molecule has 0 aromatic heterocycles. The van der Waals surface area contributed by atoms with Crippen LogP contribution in [0.4, 0.5) is 8.78 Å². The zero-order valence-electron chi connectivity index (χ0n) is 5.94. The van der Waals surface area contributed by atoms with Gasteiger partial charge in [-0.15, -0.1) is 0 Å². The summed E-state index contributed by atoms with van der Waals surface area (Å²) in [6.45, 7) is 1.83. The Balaban J connectivity index is 3.05. The number of halogens is 3. The maximum Gasteiger partial charge on any atom is 0.263 e. The lowest BCUT2D eigenvalue weighted by Crippen LogP contribution is -1.86. The van der Waals surface area contributed by atoms with Crippen molar-refractivity contribution in [3.8, 4) is 0 Å². The second-order valence-electron chi connectivity index (χ2n) is 2.31. The van der Waals surface area contributed by atoms with E-state index in [0.717, 1.165) is 9.13 Å². The molecule has 60 valence electrons. The molecule has 0 radical (unpaired) electrons. The summed E-state index contributed by atoms with van der Waals surface area (Å²) in [7, 11) is 0. The molecule has 1 aromatic rings. The van der Waals surface area contributed by atoms with Gasteiger partial charge in [-0.05, 0) is 47.2 Å². The van der Waals surface area contributed by atoms with Crippen molar-refractivity contribution < 1.29 is 8.78 Å². The van der Waals surface area contributed by atoms with Crippen LogP contribution in [0.3, 0.4) is 0 Å². The third kappa shape index (κ3) is 2.12. The molecule has 0 saturated carbocycles. The largest absolute Gasteiger partial charge is 0.263 e. The monoisotopic (exact) mass is 268 g/mol. The molecule has 0 aliphatic heterocycles. The standard InChI is InChI=1S/C8H7F2I/c1-5-4-6(8(9)10)2-3-7(5)11/h2-4,8H,1H3. The molecule has 1 aromatic carbocycles. The minimum atomic E-state index is -2.36. The van der Waals surface area contributed by atoms with Crippen molar-refractivity contribution in [2.45, 2.75) is 13.3 Å². The smallest absolute Gasteiger partial charge is 0.205 e. The number of alkyl halides is 2. The van der Waals surface area contributed by atoms with Gasteiger partial charge in [0.1, 0.15) is 0 Å². The first-order valence-electron chi connectivity index (χ1n) is 3.15. The summed E-state index contributed by atoms with van der Waals surface area (Å²) >= 11 is 2.12. The quantitative estimate of drug-likeness (QED) is 0.683. The zero-order chi connectivity index (χ0) is 8.43. The summed E-state index contributed by atoms with van der Waals surface area (Å²) in [5.41, 5.74) is 1.01. The summed E-state index contributed by atoms with van der Waals surface area (Å²) < 4.78 is 25.2. The van der Waals surface area contributed by atoms with E-state index in [2.05, 4.69) is 22.6 Å². The number of hydrogen-bond donors (Lipinski definition) is 0. The number of hydrogen-bond acceptors (Lipinski definition) is 0. The Hall–Kier alpha value is -0.190. The highest BCUT2D eigenvalue weighted by molar-refractivity contribution is 14.1. The Morgan fingerprint density at radius 1 is 1.36 bits per heavy atom. The topological polar surface area (TPSA) is 0 Å². The van der Waals surface area contributed by atoms with Gasteiger partial charge >= 0.3 is 0 Å². The van der Waals surface area contributed by atoms with Gasteiger partial charge in [0.2, 0.25) is 0 Å². The molecule has 0 unspecified atom stereocenters. The SMILES string of the molecule is Cc1cc(C(F)F)ccc1I. The molecule has 0 aliphatic carbocycles. The van der Waals surface area contributed by atoms with Gasteiger partial charge in [0.15, 0.2) is 0 Å². The molecule has 0 atom stereocenters. The molecule has 11 heavy (non-hydrogen) atoms. The van der Waals surface area contributed by atoms with Crippen LogP contribution in [0.2, 0.25) is 0 Å². The van der Waals surface area contributed by atoms with E-state index in [1.165, 1.54) is 12.1 Å². The van der Waals surface area contributed by atoms with Crippen molar-refractivity contribution in [1.29, 1.82) is 0 Å². The molecule has 0 heterocycles. The van der Waals surface area contributed by atoms with Gasteiger partial charge in [-0.25, -0.2) is 8.78 Å². The molecule has 0 saturated heterocycles. The number of benzene rings is 1. The van der Waals surface area contributed by atoms with Gasteiger partial charge in [0.25, 0.3) is 6.43 Å². The lowest BCUT2D eigenvalue weighted by molar-refractivity contribution is 0.151. The fourth-order valence-electron chi connectivity index (χ4n) is 0.804. The van der Waals surface area contributed by atoms with Crippen molar-refractivity contribution in [1.82, 2.24) is 0 Å². The third-order valence-electron chi connectivity index (χ3n) is 1.43. The second-order valence-corrected chi connectivity index (χ2v) is 3.47. The summed E-state index contributed by atoms with van der Waals surface area (Å²) in [5.74, 6) is 0. The third-order valence-corrected chi connectivity index (χ3v) is 2.64. The van der Waals surface area contributed by atoms with Crippen LogP contribution in [0.5, 0.6) is 0 Å². The molecule has 0 fully saturated rings. The predicted octanol–water partition coefficient (Wildman–Crippen LogP) is 3.54. The summed E-state index contributed by atoms with van der Waals surface area (Å²) in [4.78, 5) is 0. The molecule has 1 rings (SSSR count). The van der Waals surface area contributed by atoms with E-state index < -0.39 is 6.43 Å². The van der Waals surface area contributed by atoms with E-state index in [-0.39, 0.29) is 5.56 Å². The molecule has 0 spiro atoms. The average molecular weight is 268 g/mol. The normalized spacial score (nSPS) is 10.6. The lowest BCUT2D eigenvalue weighted by Gasteiger charge is -2.01. The van der Waals surface area contributed by atoms with Crippen molar-refractivity contribution in [2.24, 2.45) is 0 Å². The molecule has 3 heteroatoms. The van der Waals surface area contributed by atoms with Crippen molar-refractivity contribution in [2.75, 3.05) is 0 Å².